The number of ether oxygens (including phenoxy) is 2. The summed E-state index contributed by atoms with van der Waals surface area (Å²) in [6.45, 7) is 2.24. The number of benzene rings is 1. The number of nitrogens with zero attached hydrogens (tertiary/aromatic N) is 3. The summed E-state index contributed by atoms with van der Waals surface area (Å²) in [4.78, 5) is 0. The van der Waals surface area contributed by atoms with E-state index in [9.17, 15) is 0 Å². The maximum absolute atomic E-state index is 5.46. The molecule has 0 saturated carbocycles. The van der Waals surface area contributed by atoms with Gasteiger partial charge in [-0.3, -0.25) is 0 Å². The van der Waals surface area contributed by atoms with E-state index in [1.54, 1.807) is 14.2 Å². The lowest BCUT2D eigenvalue weighted by atomic mass is 9.98. The van der Waals surface area contributed by atoms with Gasteiger partial charge in [-0.05, 0) is 23.6 Å². The van der Waals surface area contributed by atoms with Crippen LogP contribution in [-0.4, -0.2) is 29.6 Å². The third-order valence-corrected chi connectivity index (χ3v) is 4.16. The average molecular weight is 329 g/mol. The van der Waals surface area contributed by atoms with Gasteiger partial charge in [0.2, 0.25) is 5.75 Å². The predicted octanol–water partition coefficient (Wildman–Crippen LogP) is 4.46. The zero-order chi connectivity index (χ0) is 17.2. The molecule has 0 radical (unpaired) electrons. The molecule has 1 aromatic carbocycles. The number of unbranched alkanes of at least 4 members (excludes halogenated alkanes) is 5. The Morgan fingerprint density at radius 1 is 0.875 bits per heavy atom. The van der Waals surface area contributed by atoms with Gasteiger partial charge in [-0.1, -0.05) is 68.4 Å². The lowest BCUT2D eigenvalue weighted by molar-refractivity contribution is 0.335. The molecule has 5 nitrogen and oxygen atoms in total. The molecule has 0 unspecified atom stereocenters. The summed E-state index contributed by atoms with van der Waals surface area (Å²) < 4.78 is 10.7. The van der Waals surface area contributed by atoms with Crippen molar-refractivity contribution >= 4 is 0 Å². The van der Waals surface area contributed by atoms with Gasteiger partial charge in [-0.25, -0.2) is 0 Å². The van der Waals surface area contributed by atoms with Crippen LogP contribution in [0, 0.1) is 0 Å². The second kappa shape index (κ2) is 9.85. The number of aromatic nitrogens is 3. The van der Waals surface area contributed by atoms with Crippen molar-refractivity contribution in [1.82, 2.24) is 15.4 Å². The van der Waals surface area contributed by atoms with Crippen LogP contribution in [0.4, 0.5) is 0 Å². The van der Waals surface area contributed by atoms with E-state index in [1.165, 1.54) is 44.1 Å². The Morgan fingerprint density at radius 3 is 2.38 bits per heavy atom. The maximum Gasteiger partial charge on any atom is 0.280 e. The SMILES string of the molecule is CCCCCCCCc1ccccc1-c1nnnc(OC)c1OC. The van der Waals surface area contributed by atoms with Crippen LogP contribution in [0.5, 0.6) is 11.6 Å². The molecule has 130 valence electrons. The first-order valence-corrected chi connectivity index (χ1v) is 8.71. The second-order valence-corrected chi connectivity index (χ2v) is 5.86. The van der Waals surface area contributed by atoms with Gasteiger partial charge < -0.3 is 9.47 Å². The van der Waals surface area contributed by atoms with E-state index in [1.807, 2.05) is 6.07 Å². The van der Waals surface area contributed by atoms with Gasteiger partial charge >= 0.3 is 0 Å². The maximum atomic E-state index is 5.46. The van der Waals surface area contributed by atoms with Gasteiger partial charge in [0.25, 0.3) is 5.88 Å². The highest BCUT2D eigenvalue weighted by Gasteiger charge is 2.17. The molecule has 0 bridgehead atoms. The number of hydrogen-bond acceptors (Lipinski definition) is 5. The minimum Gasteiger partial charge on any atom is -0.490 e. The first-order chi connectivity index (χ1) is 11.8. The van der Waals surface area contributed by atoms with E-state index in [4.69, 9.17) is 9.47 Å². The highest BCUT2D eigenvalue weighted by Crippen LogP contribution is 2.35. The zero-order valence-corrected chi connectivity index (χ0v) is 14.9. The summed E-state index contributed by atoms with van der Waals surface area (Å²) >= 11 is 0. The van der Waals surface area contributed by atoms with E-state index in [2.05, 4.69) is 40.5 Å². The van der Waals surface area contributed by atoms with Crippen LogP contribution in [-0.2, 0) is 6.42 Å². The second-order valence-electron chi connectivity index (χ2n) is 5.86. The Bertz CT molecular complexity index is 632. The minimum atomic E-state index is 0.358. The van der Waals surface area contributed by atoms with Gasteiger partial charge in [0.05, 0.1) is 14.2 Å². The van der Waals surface area contributed by atoms with Crippen molar-refractivity contribution in [3.8, 4) is 22.9 Å². The summed E-state index contributed by atoms with van der Waals surface area (Å²) in [6, 6.07) is 8.27. The summed E-state index contributed by atoms with van der Waals surface area (Å²) in [6.07, 6.45) is 8.72. The van der Waals surface area contributed by atoms with Crippen molar-refractivity contribution in [2.75, 3.05) is 14.2 Å². The first-order valence-electron chi connectivity index (χ1n) is 8.71. The van der Waals surface area contributed by atoms with Crippen molar-refractivity contribution in [2.45, 2.75) is 51.9 Å². The Labute approximate surface area is 144 Å². The molecule has 0 spiro atoms. The van der Waals surface area contributed by atoms with Gasteiger partial charge in [0.1, 0.15) is 5.69 Å². The van der Waals surface area contributed by atoms with Crippen LogP contribution >= 0.6 is 0 Å². The normalized spacial score (nSPS) is 10.6. The van der Waals surface area contributed by atoms with Crippen LogP contribution in [0.3, 0.4) is 0 Å². The fraction of sp³-hybridized carbons (Fsp3) is 0.526. The number of methoxy groups -OCH3 is 2. The highest BCUT2D eigenvalue weighted by atomic mass is 16.5. The molecule has 1 aromatic heterocycles. The van der Waals surface area contributed by atoms with Crippen LogP contribution < -0.4 is 9.47 Å². The number of aryl methyl sites for hydroxylation is 1. The third-order valence-electron chi connectivity index (χ3n) is 4.16. The van der Waals surface area contributed by atoms with E-state index < -0.39 is 0 Å². The molecular weight excluding hydrogens is 302 g/mol. The zero-order valence-electron chi connectivity index (χ0n) is 14.9. The predicted molar refractivity (Wildman–Crippen MR) is 95.4 cm³/mol. The van der Waals surface area contributed by atoms with Crippen LogP contribution in [0.2, 0.25) is 0 Å². The molecule has 2 rings (SSSR count). The molecule has 1 heterocycles. The smallest absolute Gasteiger partial charge is 0.280 e. The Balaban J connectivity index is 2.14. The quantitative estimate of drug-likeness (QED) is 0.602. The molecule has 0 saturated heterocycles. The number of rotatable bonds is 10. The lowest BCUT2D eigenvalue weighted by Gasteiger charge is -2.12. The molecule has 0 aliphatic carbocycles. The largest absolute Gasteiger partial charge is 0.490 e. The van der Waals surface area contributed by atoms with E-state index in [0.29, 0.717) is 17.3 Å². The number of hydrogen-bond donors (Lipinski definition) is 0. The van der Waals surface area contributed by atoms with Gasteiger partial charge in [0, 0.05) is 5.56 Å². The van der Waals surface area contributed by atoms with Crippen molar-refractivity contribution in [3.05, 3.63) is 29.8 Å². The van der Waals surface area contributed by atoms with Crippen LogP contribution in [0.25, 0.3) is 11.3 Å². The van der Waals surface area contributed by atoms with Gasteiger partial charge in [0.15, 0.2) is 0 Å². The molecule has 24 heavy (non-hydrogen) atoms. The fourth-order valence-electron chi connectivity index (χ4n) is 2.86. The van der Waals surface area contributed by atoms with Crippen molar-refractivity contribution in [2.24, 2.45) is 0 Å². The highest BCUT2D eigenvalue weighted by molar-refractivity contribution is 5.71. The third kappa shape index (κ3) is 4.66. The first kappa shape index (κ1) is 18.2. The van der Waals surface area contributed by atoms with Gasteiger partial charge in [-0.2, -0.15) is 0 Å². The van der Waals surface area contributed by atoms with Gasteiger partial charge in [-0.15, -0.1) is 5.10 Å². The van der Waals surface area contributed by atoms with Crippen LogP contribution in [0.15, 0.2) is 24.3 Å². The average Bonchev–Trinajstić information content (AvgIpc) is 2.64. The Morgan fingerprint density at radius 2 is 1.62 bits per heavy atom. The topological polar surface area (TPSA) is 57.1 Å². The van der Waals surface area contributed by atoms with Crippen molar-refractivity contribution in [1.29, 1.82) is 0 Å². The van der Waals surface area contributed by atoms with Crippen molar-refractivity contribution < 1.29 is 9.47 Å². The molecule has 5 heteroatoms. The van der Waals surface area contributed by atoms with E-state index >= 15 is 0 Å². The Hall–Kier alpha value is -2.17. The standard InChI is InChI=1S/C19H27N3O2/c1-4-5-6-7-8-9-12-15-13-10-11-14-16(15)17-18(23-2)19(24-3)21-22-20-17/h10-11,13-14H,4-9,12H2,1-3H3. The summed E-state index contributed by atoms with van der Waals surface area (Å²) in [5.41, 5.74) is 2.98. The fourth-order valence-corrected chi connectivity index (χ4v) is 2.86. The van der Waals surface area contributed by atoms with Crippen LogP contribution in [0.1, 0.15) is 51.0 Å². The molecule has 2 aromatic rings. The van der Waals surface area contributed by atoms with E-state index in [0.717, 1.165) is 12.0 Å². The summed E-state index contributed by atoms with van der Waals surface area (Å²) in [5.74, 6) is 0.889. The van der Waals surface area contributed by atoms with E-state index in [-0.39, 0.29) is 0 Å². The monoisotopic (exact) mass is 329 g/mol. The lowest BCUT2D eigenvalue weighted by Crippen LogP contribution is -2.02. The molecule has 0 amide bonds. The molecule has 0 aliphatic rings. The summed E-state index contributed by atoms with van der Waals surface area (Å²) in [5, 5.41) is 11.9. The molecule has 0 N–H and O–H groups in total. The molecule has 0 fully saturated rings. The van der Waals surface area contributed by atoms with Crippen molar-refractivity contribution in [3.63, 3.8) is 0 Å². The minimum absolute atomic E-state index is 0.358. The molecule has 0 aliphatic heterocycles. The molecule has 0 atom stereocenters. The Kier molecular flexibility index (Phi) is 7.46. The molecular formula is C19H27N3O2. The summed E-state index contributed by atoms with van der Waals surface area (Å²) in [7, 11) is 3.15.